The molecule has 0 bridgehead atoms. The van der Waals surface area contributed by atoms with E-state index in [4.69, 9.17) is 11.2 Å². The topological polar surface area (TPSA) is 61.3 Å². The molecule has 0 aromatic carbocycles. The maximum atomic E-state index is 11.0. The molecule has 0 aliphatic heterocycles. The molecule has 15 heavy (non-hydrogen) atoms. The van der Waals surface area contributed by atoms with Gasteiger partial charge < -0.3 is 9.47 Å². The van der Waals surface area contributed by atoms with Crippen LogP contribution in [0.2, 0.25) is 0 Å². The van der Waals surface area contributed by atoms with Crippen LogP contribution >= 0.6 is 0 Å². The Labute approximate surface area is 87.4 Å². The van der Waals surface area contributed by atoms with E-state index in [1.54, 1.807) is 6.92 Å². The van der Waals surface area contributed by atoms with Gasteiger partial charge in [0.15, 0.2) is 11.8 Å². The maximum absolute atomic E-state index is 11.0. The molecule has 1 unspecified atom stereocenters. The third-order valence-electron chi connectivity index (χ3n) is 1.55. The SMILES string of the molecule is C#CC(C)Oc1cnc(C(=O)OC)cn1. The van der Waals surface area contributed by atoms with Crippen molar-refractivity contribution in [3.63, 3.8) is 0 Å². The van der Waals surface area contributed by atoms with Crippen molar-refractivity contribution < 1.29 is 14.3 Å². The minimum atomic E-state index is -0.543. The summed E-state index contributed by atoms with van der Waals surface area (Å²) in [5, 5.41) is 0. The Hall–Kier alpha value is -2.09. The number of ether oxygens (including phenoxy) is 2. The molecule has 5 nitrogen and oxygen atoms in total. The second kappa shape index (κ2) is 4.96. The number of rotatable bonds is 3. The lowest BCUT2D eigenvalue weighted by Gasteiger charge is -2.06. The van der Waals surface area contributed by atoms with Crippen LogP contribution in [0.5, 0.6) is 5.88 Å². The number of carbonyl (C=O) groups is 1. The zero-order valence-electron chi connectivity index (χ0n) is 8.43. The second-order valence-corrected chi connectivity index (χ2v) is 2.66. The van der Waals surface area contributed by atoms with Gasteiger partial charge in [-0.1, -0.05) is 5.92 Å². The van der Waals surface area contributed by atoms with Crippen LogP contribution in [0, 0.1) is 12.3 Å². The first-order chi connectivity index (χ1) is 7.17. The third-order valence-corrected chi connectivity index (χ3v) is 1.55. The average Bonchev–Trinajstić information content (AvgIpc) is 2.29. The average molecular weight is 206 g/mol. The van der Waals surface area contributed by atoms with Gasteiger partial charge in [-0.2, -0.15) is 0 Å². The van der Waals surface area contributed by atoms with Crippen LogP contribution in [0.4, 0.5) is 0 Å². The molecule has 0 saturated carbocycles. The van der Waals surface area contributed by atoms with Gasteiger partial charge in [-0.05, 0) is 6.92 Å². The molecule has 0 spiro atoms. The fourth-order valence-electron chi connectivity index (χ4n) is 0.802. The number of aromatic nitrogens is 2. The highest BCUT2D eigenvalue weighted by atomic mass is 16.5. The Kier molecular flexibility index (Phi) is 3.63. The number of terminal acetylenes is 1. The third kappa shape index (κ3) is 2.95. The first-order valence-electron chi connectivity index (χ1n) is 4.20. The molecular weight excluding hydrogens is 196 g/mol. The van der Waals surface area contributed by atoms with Crippen molar-refractivity contribution in [3.8, 4) is 18.2 Å². The summed E-state index contributed by atoms with van der Waals surface area (Å²) in [6.45, 7) is 1.70. The fourth-order valence-corrected chi connectivity index (χ4v) is 0.802. The molecule has 0 saturated heterocycles. The minimum Gasteiger partial charge on any atom is -0.464 e. The van der Waals surface area contributed by atoms with E-state index in [0.29, 0.717) is 0 Å². The fraction of sp³-hybridized carbons (Fsp3) is 0.300. The van der Waals surface area contributed by atoms with Gasteiger partial charge >= 0.3 is 5.97 Å². The smallest absolute Gasteiger partial charge is 0.358 e. The second-order valence-electron chi connectivity index (χ2n) is 2.66. The molecule has 78 valence electrons. The van der Waals surface area contributed by atoms with Crippen LogP contribution in [-0.4, -0.2) is 29.2 Å². The van der Waals surface area contributed by atoms with Crippen molar-refractivity contribution in [2.24, 2.45) is 0 Å². The van der Waals surface area contributed by atoms with Gasteiger partial charge in [-0.15, -0.1) is 6.42 Å². The first-order valence-corrected chi connectivity index (χ1v) is 4.20. The number of carbonyl (C=O) groups excluding carboxylic acids is 1. The number of nitrogens with zero attached hydrogens (tertiary/aromatic N) is 2. The molecule has 5 heteroatoms. The summed E-state index contributed by atoms with van der Waals surface area (Å²) in [6, 6.07) is 0. The lowest BCUT2D eigenvalue weighted by molar-refractivity contribution is 0.0593. The molecule has 0 aliphatic rings. The molecule has 1 aromatic heterocycles. The molecule has 1 heterocycles. The van der Waals surface area contributed by atoms with Gasteiger partial charge in [-0.3, -0.25) is 0 Å². The quantitative estimate of drug-likeness (QED) is 0.537. The van der Waals surface area contributed by atoms with Crippen molar-refractivity contribution >= 4 is 5.97 Å². The van der Waals surface area contributed by atoms with E-state index in [0.717, 1.165) is 0 Å². The van der Waals surface area contributed by atoms with Crippen molar-refractivity contribution in [3.05, 3.63) is 18.1 Å². The standard InChI is InChI=1S/C10H10N2O3/c1-4-7(2)15-9-6-11-8(5-12-9)10(13)14-3/h1,5-7H,2-3H3. The summed E-state index contributed by atoms with van der Waals surface area (Å²) in [5.41, 5.74) is 0.123. The van der Waals surface area contributed by atoms with Crippen LogP contribution in [0.25, 0.3) is 0 Å². The predicted octanol–water partition coefficient (Wildman–Crippen LogP) is 0.664. The zero-order valence-corrected chi connectivity index (χ0v) is 8.43. The Morgan fingerprint density at radius 3 is 2.73 bits per heavy atom. The van der Waals surface area contributed by atoms with E-state index in [1.807, 2.05) is 0 Å². The van der Waals surface area contributed by atoms with Gasteiger partial charge in [0.05, 0.1) is 19.5 Å². The monoisotopic (exact) mass is 206 g/mol. The minimum absolute atomic E-state index is 0.123. The number of esters is 1. The van der Waals surface area contributed by atoms with Crippen LogP contribution < -0.4 is 4.74 Å². The van der Waals surface area contributed by atoms with Crippen molar-refractivity contribution in [1.29, 1.82) is 0 Å². The van der Waals surface area contributed by atoms with Gasteiger partial charge in [0.25, 0.3) is 0 Å². The molecule has 0 aliphatic carbocycles. The van der Waals surface area contributed by atoms with E-state index in [9.17, 15) is 4.79 Å². The van der Waals surface area contributed by atoms with Crippen LogP contribution in [-0.2, 0) is 4.74 Å². The molecular formula is C10H10N2O3. The molecule has 1 rings (SSSR count). The highest BCUT2D eigenvalue weighted by molar-refractivity contribution is 5.86. The Morgan fingerprint density at radius 2 is 2.27 bits per heavy atom. The Balaban J connectivity index is 2.73. The number of hydrogen-bond donors (Lipinski definition) is 0. The van der Waals surface area contributed by atoms with E-state index in [-0.39, 0.29) is 17.7 Å². The summed E-state index contributed by atoms with van der Waals surface area (Å²) in [6.07, 6.45) is 7.32. The largest absolute Gasteiger partial charge is 0.464 e. The first kappa shape index (κ1) is 11.0. The number of methoxy groups -OCH3 is 1. The van der Waals surface area contributed by atoms with Crippen LogP contribution in [0.1, 0.15) is 17.4 Å². The summed E-state index contributed by atoms with van der Waals surface area (Å²) in [5.74, 6) is 2.11. The van der Waals surface area contributed by atoms with Gasteiger partial charge in [0.1, 0.15) is 0 Å². The van der Waals surface area contributed by atoms with Crippen molar-refractivity contribution in [1.82, 2.24) is 9.97 Å². The molecule has 0 fully saturated rings. The molecule has 0 N–H and O–H groups in total. The summed E-state index contributed by atoms with van der Waals surface area (Å²) in [4.78, 5) is 18.7. The van der Waals surface area contributed by atoms with Crippen LogP contribution in [0.3, 0.4) is 0 Å². The highest BCUT2D eigenvalue weighted by Crippen LogP contribution is 2.06. The van der Waals surface area contributed by atoms with Gasteiger partial charge in [-0.25, -0.2) is 14.8 Å². The van der Waals surface area contributed by atoms with E-state index < -0.39 is 5.97 Å². The van der Waals surface area contributed by atoms with Crippen LogP contribution in [0.15, 0.2) is 12.4 Å². The van der Waals surface area contributed by atoms with E-state index in [1.165, 1.54) is 19.5 Å². The maximum Gasteiger partial charge on any atom is 0.358 e. The van der Waals surface area contributed by atoms with E-state index >= 15 is 0 Å². The van der Waals surface area contributed by atoms with E-state index in [2.05, 4.69) is 20.6 Å². The van der Waals surface area contributed by atoms with Crippen molar-refractivity contribution in [2.75, 3.05) is 7.11 Å². The lowest BCUT2D eigenvalue weighted by Crippen LogP contribution is -2.11. The van der Waals surface area contributed by atoms with Gasteiger partial charge in [0, 0.05) is 0 Å². The Morgan fingerprint density at radius 1 is 1.53 bits per heavy atom. The van der Waals surface area contributed by atoms with Gasteiger partial charge in [0.2, 0.25) is 5.88 Å². The van der Waals surface area contributed by atoms with Crippen molar-refractivity contribution in [2.45, 2.75) is 13.0 Å². The molecule has 0 amide bonds. The molecule has 1 atom stereocenters. The zero-order chi connectivity index (χ0) is 11.3. The molecule has 0 radical (unpaired) electrons. The lowest BCUT2D eigenvalue weighted by atomic mass is 10.4. The molecule has 1 aromatic rings. The summed E-state index contributed by atoms with van der Waals surface area (Å²) >= 11 is 0. The predicted molar refractivity (Wildman–Crippen MR) is 52.3 cm³/mol. The highest BCUT2D eigenvalue weighted by Gasteiger charge is 2.08. The summed E-state index contributed by atoms with van der Waals surface area (Å²) in [7, 11) is 1.27. The summed E-state index contributed by atoms with van der Waals surface area (Å²) < 4.78 is 9.63. The number of hydrogen-bond acceptors (Lipinski definition) is 5. The Bertz CT molecular complexity index is 381. The normalized spacial score (nSPS) is 11.3.